The smallest absolute Gasteiger partial charge is 0.211 e. The molecule has 0 saturated heterocycles. The van der Waals surface area contributed by atoms with Crippen molar-refractivity contribution in [2.45, 2.75) is 26.2 Å². The lowest BCUT2D eigenvalue weighted by Gasteiger charge is -2.07. The molecular weight excluding hydrogens is 250 g/mol. The van der Waals surface area contributed by atoms with Crippen LogP contribution >= 0.6 is 0 Å². The number of unbranched alkanes of at least 4 members (excludes halogenated alkanes) is 1. The van der Waals surface area contributed by atoms with E-state index < -0.39 is 10.0 Å². The lowest BCUT2D eigenvalue weighted by atomic mass is 10.2. The topological polar surface area (TPSA) is 55.4 Å². The molecule has 0 unspecified atom stereocenters. The van der Waals surface area contributed by atoms with E-state index in [1.165, 1.54) is 0 Å². The zero-order valence-electron chi connectivity index (χ0n) is 11.0. The quantitative estimate of drug-likeness (QED) is 0.735. The Morgan fingerprint density at radius 3 is 2.78 bits per heavy atom. The van der Waals surface area contributed by atoms with Gasteiger partial charge in [-0.15, -0.1) is 0 Å². The molecule has 102 valence electrons. The minimum Gasteiger partial charge on any atom is -0.497 e. The molecule has 0 atom stereocenters. The lowest BCUT2D eigenvalue weighted by molar-refractivity contribution is 0.414. The van der Waals surface area contributed by atoms with Crippen LogP contribution in [-0.2, 0) is 16.4 Å². The van der Waals surface area contributed by atoms with Crippen LogP contribution in [-0.4, -0.2) is 27.8 Å². The first kappa shape index (κ1) is 15.0. The van der Waals surface area contributed by atoms with Gasteiger partial charge in [0.05, 0.1) is 12.9 Å². The molecule has 18 heavy (non-hydrogen) atoms. The molecule has 1 aromatic rings. The van der Waals surface area contributed by atoms with Crippen molar-refractivity contribution in [3.8, 4) is 5.75 Å². The van der Waals surface area contributed by atoms with Crippen LogP contribution in [0.2, 0.25) is 0 Å². The van der Waals surface area contributed by atoms with Gasteiger partial charge in [-0.25, -0.2) is 13.1 Å². The molecule has 1 rings (SSSR count). The number of ether oxygens (including phenoxy) is 1. The zero-order valence-corrected chi connectivity index (χ0v) is 11.8. The molecular formula is C13H21NO3S. The highest BCUT2D eigenvalue weighted by molar-refractivity contribution is 7.89. The maximum atomic E-state index is 11.7. The predicted octanol–water partition coefficient (Wildman–Crippen LogP) is 1.96. The Bertz CT molecular complexity index is 457. The van der Waals surface area contributed by atoms with Gasteiger partial charge < -0.3 is 4.74 Å². The fraction of sp³-hybridized carbons (Fsp3) is 0.538. The van der Waals surface area contributed by atoms with Crippen molar-refractivity contribution in [3.05, 3.63) is 29.8 Å². The summed E-state index contributed by atoms with van der Waals surface area (Å²) in [6.07, 6.45) is 2.36. The highest BCUT2D eigenvalue weighted by atomic mass is 32.2. The SMILES string of the molecule is CCCCNS(=O)(=O)CCc1cccc(OC)c1. The third-order valence-corrected chi connectivity index (χ3v) is 4.03. The van der Waals surface area contributed by atoms with E-state index in [1.54, 1.807) is 7.11 Å². The van der Waals surface area contributed by atoms with Gasteiger partial charge in [0.2, 0.25) is 10.0 Å². The second-order valence-electron chi connectivity index (χ2n) is 4.17. The van der Waals surface area contributed by atoms with Crippen molar-refractivity contribution < 1.29 is 13.2 Å². The van der Waals surface area contributed by atoms with Crippen molar-refractivity contribution in [1.29, 1.82) is 0 Å². The van der Waals surface area contributed by atoms with Gasteiger partial charge in [0, 0.05) is 6.54 Å². The van der Waals surface area contributed by atoms with E-state index in [0.29, 0.717) is 13.0 Å². The minimum absolute atomic E-state index is 0.115. The first-order valence-corrected chi connectivity index (χ1v) is 7.83. The molecule has 5 heteroatoms. The van der Waals surface area contributed by atoms with Gasteiger partial charge in [-0.1, -0.05) is 25.5 Å². The molecule has 0 radical (unpaired) electrons. The van der Waals surface area contributed by atoms with Crippen molar-refractivity contribution in [1.82, 2.24) is 4.72 Å². The minimum atomic E-state index is -3.16. The normalized spacial score (nSPS) is 11.4. The average Bonchev–Trinajstić information content (AvgIpc) is 2.37. The van der Waals surface area contributed by atoms with Crippen LogP contribution in [0.1, 0.15) is 25.3 Å². The molecule has 0 aromatic heterocycles. The third-order valence-electron chi connectivity index (χ3n) is 2.65. The van der Waals surface area contributed by atoms with Crippen LogP contribution in [0.25, 0.3) is 0 Å². The summed E-state index contributed by atoms with van der Waals surface area (Å²) in [7, 11) is -1.56. The van der Waals surface area contributed by atoms with Crippen molar-refractivity contribution >= 4 is 10.0 Å². The summed E-state index contributed by atoms with van der Waals surface area (Å²) in [5, 5.41) is 0. The Labute approximate surface area is 109 Å². The Morgan fingerprint density at radius 1 is 1.33 bits per heavy atom. The van der Waals surface area contributed by atoms with Crippen molar-refractivity contribution in [2.75, 3.05) is 19.4 Å². The number of benzene rings is 1. The van der Waals surface area contributed by atoms with E-state index in [9.17, 15) is 8.42 Å². The van der Waals surface area contributed by atoms with E-state index in [2.05, 4.69) is 4.72 Å². The van der Waals surface area contributed by atoms with Gasteiger partial charge in [0.15, 0.2) is 0 Å². The van der Waals surface area contributed by atoms with E-state index in [0.717, 1.165) is 24.2 Å². The molecule has 0 aliphatic carbocycles. The maximum Gasteiger partial charge on any atom is 0.211 e. The van der Waals surface area contributed by atoms with E-state index >= 15 is 0 Å². The van der Waals surface area contributed by atoms with Crippen molar-refractivity contribution in [3.63, 3.8) is 0 Å². The van der Waals surface area contributed by atoms with Gasteiger partial charge in [-0.3, -0.25) is 0 Å². The van der Waals surface area contributed by atoms with Gasteiger partial charge in [-0.2, -0.15) is 0 Å². The summed E-state index contributed by atoms with van der Waals surface area (Å²) >= 11 is 0. The van der Waals surface area contributed by atoms with Gasteiger partial charge in [0.1, 0.15) is 5.75 Å². The molecule has 0 saturated carbocycles. The Morgan fingerprint density at radius 2 is 2.11 bits per heavy atom. The summed E-state index contributed by atoms with van der Waals surface area (Å²) in [5.41, 5.74) is 0.968. The monoisotopic (exact) mass is 271 g/mol. The van der Waals surface area contributed by atoms with E-state index in [-0.39, 0.29) is 5.75 Å². The molecule has 0 aliphatic heterocycles. The highest BCUT2D eigenvalue weighted by Gasteiger charge is 2.09. The number of aryl methyl sites for hydroxylation is 1. The molecule has 4 nitrogen and oxygen atoms in total. The van der Waals surface area contributed by atoms with Crippen LogP contribution in [0.15, 0.2) is 24.3 Å². The number of hydrogen-bond donors (Lipinski definition) is 1. The van der Waals surface area contributed by atoms with Crippen LogP contribution in [0, 0.1) is 0 Å². The molecule has 1 N–H and O–H groups in total. The predicted molar refractivity (Wildman–Crippen MR) is 73.4 cm³/mol. The first-order chi connectivity index (χ1) is 8.57. The molecule has 0 aliphatic rings. The van der Waals surface area contributed by atoms with Crippen molar-refractivity contribution in [2.24, 2.45) is 0 Å². The fourth-order valence-electron chi connectivity index (χ4n) is 1.56. The summed E-state index contributed by atoms with van der Waals surface area (Å²) in [4.78, 5) is 0. The Kier molecular flexibility index (Phi) is 6.15. The first-order valence-electron chi connectivity index (χ1n) is 6.17. The lowest BCUT2D eigenvalue weighted by Crippen LogP contribution is -2.28. The van der Waals surface area contributed by atoms with Crippen LogP contribution in [0.4, 0.5) is 0 Å². The number of methoxy groups -OCH3 is 1. The van der Waals surface area contributed by atoms with E-state index in [1.807, 2.05) is 31.2 Å². The molecule has 0 fully saturated rings. The van der Waals surface area contributed by atoms with Gasteiger partial charge in [-0.05, 0) is 30.5 Å². The molecule has 0 amide bonds. The van der Waals surface area contributed by atoms with Crippen LogP contribution in [0.5, 0.6) is 5.75 Å². The zero-order chi connectivity index (χ0) is 13.4. The van der Waals surface area contributed by atoms with Gasteiger partial charge in [0.25, 0.3) is 0 Å². The number of rotatable bonds is 8. The Balaban J connectivity index is 2.48. The van der Waals surface area contributed by atoms with Crippen LogP contribution in [0.3, 0.4) is 0 Å². The standard InChI is InChI=1S/C13H21NO3S/c1-3-4-9-14-18(15,16)10-8-12-6-5-7-13(11-12)17-2/h5-7,11,14H,3-4,8-10H2,1-2H3. The second kappa shape index (κ2) is 7.38. The highest BCUT2D eigenvalue weighted by Crippen LogP contribution is 2.13. The largest absolute Gasteiger partial charge is 0.497 e. The third kappa shape index (κ3) is 5.51. The summed E-state index contributed by atoms with van der Waals surface area (Å²) in [5.74, 6) is 0.869. The average molecular weight is 271 g/mol. The molecule has 0 spiro atoms. The molecule has 1 aromatic carbocycles. The molecule has 0 bridgehead atoms. The number of hydrogen-bond acceptors (Lipinski definition) is 3. The molecule has 0 heterocycles. The number of nitrogens with one attached hydrogen (secondary N) is 1. The second-order valence-corrected chi connectivity index (χ2v) is 6.09. The number of sulfonamides is 1. The fourth-order valence-corrected chi connectivity index (χ4v) is 2.66. The Hall–Kier alpha value is -1.07. The van der Waals surface area contributed by atoms with E-state index in [4.69, 9.17) is 4.74 Å². The summed E-state index contributed by atoms with van der Waals surface area (Å²) in [6, 6.07) is 7.48. The summed E-state index contributed by atoms with van der Waals surface area (Å²) < 4.78 is 31.1. The summed E-state index contributed by atoms with van der Waals surface area (Å²) in [6.45, 7) is 2.56. The van der Waals surface area contributed by atoms with Crippen LogP contribution < -0.4 is 9.46 Å². The van der Waals surface area contributed by atoms with Gasteiger partial charge >= 0.3 is 0 Å². The maximum absolute atomic E-state index is 11.7.